The van der Waals surface area contributed by atoms with Gasteiger partial charge in [-0.15, -0.1) is 11.3 Å². The Balaban J connectivity index is 2.41. The zero-order chi connectivity index (χ0) is 12.6. The van der Waals surface area contributed by atoms with Crippen molar-refractivity contribution in [1.82, 2.24) is 0 Å². The molecule has 0 saturated carbocycles. The maximum absolute atomic E-state index is 13.5. The maximum atomic E-state index is 13.5. The summed E-state index contributed by atoms with van der Waals surface area (Å²) in [6.07, 6.45) is 0. The van der Waals surface area contributed by atoms with Gasteiger partial charge in [-0.2, -0.15) is 0 Å². The van der Waals surface area contributed by atoms with Crippen molar-refractivity contribution in [3.8, 4) is 0 Å². The molecule has 17 heavy (non-hydrogen) atoms. The number of aryl methyl sites for hydroxylation is 2. The van der Waals surface area contributed by atoms with E-state index in [0.717, 1.165) is 14.8 Å². The van der Waals surface area contributed by atoms with Crippen molar-refractivity contribution in [2.45, 2.75) is 18.7 Å². The fraction of sp³-hybridized carbons (Fsp3) is 0.231. The molecule has 2 rings (SSSR count). The van der Waals surface area contributed by atoms with E-state index in [1.165, 1.54) is 11.3 Å². The van der Waals surface area contributed by atoms with Gasteiger partial charge < -0.3 is 0 Å². The van der Waals surface area contributed by atoms with Crippen LogP contribution >= 0.6 is 38.9 Å². The normalized spacial score (nSPS) is 12.8. The summed E-state index contributed by atoms with van der Waals surface area (Å²) < 4.78 is 14.3. The van der Waals surface area contributed by atoms with Crippen molar-refractivity contribution in [2.24, 2.45) is 0 Å². The zero-order valence-corrected chi connectivity index (χ0v) is 12.6. The van der Waals surface area contributed by atoms with E-state index in [-0.39, 0.29) is 10.6 Å². The molecular weight excluding hydrogens is 323 g/mol. The van der Waals surface area contributed by atoms with Crippen LogP contribution < -0.4 is 0 Å². The molecule has 1 unspecified atom stereocenters. The molecule has 0 aliphatic rings. The van der Waals surface area contributed by atoms with Gasteiger partial charge in [-0.3, -0.25) is 0 Å². The van der Waals surface area contributed by atoms with Gasteiger partial charge in [0.05, 0.1) is 9.16 Å². The molecule has 0 aliphatic carbocycles. The first-order valence-corrected chi connectivity index (χ1v) is 7.26. The number of rotatable bonds is 2. The number of halogens is 3. The van der Waals surface area contributed by atoms with Gasteiger partial charge in [0.1, 0.15) is 5.82 Å². The molecule has 0 spiro atoms. The van der Waals surface area contributed by atoms with Crippen LogP contribution in [-0.4, -0.2) is 0 Å². The fourth-order valence-electron chi connectivity index (χ4n) is 1.75. The van der Waals surface area contributed by atoms with Crippen LogP contribution in [0.25, 0.3) is 0 Å². The lowest BCUT2D eigenvalue weighted by atomic mass is 10.0. The molecule has 90 valence electrons. The maximum Gasteiger partial charge on any atom is 0.129 e. The highest BCUT2D eigenvalue weighted by Gasteiger charge is 2.15. The van der Waals surface area contributed by atoms with Crippen LogP contribution in [0, 0.1) is 19.7 Å². The molecule has 1 atom stereocenters. The monoisotopic (exact) mass is 332 g/mol. The average Bonchev–Trinajstić information content (AvgIpc) is 2.71. The second kappa shape index (κ2) is 5.09. The van der Waals surface area contributed by atoms with E-state index in [0.29, 0.717) is 11.1 Å². The predicted octanol–water partition coefficient (Wildman–Crippen LogP) is 5.64. The molecule has 1 heterocycles. The van der Waals surface area contributed by atoms with Crippen LogP contribution in [0.15, 0.2) is 24.3 Å². The fourth-order valence-corrected chi connectivity index (χ4v) is 3.52. The zero-order valence-electron chi connectivity index (χ0n) is 9.43. The van der Waals surface area contributed by atoms with E-state index in [2.05, 4.69) is 15.9 Å². The molecule has 0 radical (unpaired) electrons. The third kappa shape index (κ3) is 2.72. The Bertz CT molecular complexity index is 527. The first-order chi connectivity index (χ1) is 7.99. The molecule has 0 amide bonds. The Morgan fingerprint density at radius 3 is 2.29 bits per heavy atom. The quantitative estimate of drug-likeness (QED) is 0.624. The van der Waals surface area contributed by atoms with Crippen LogP contribution in [0.5, 0.6) is 0 Å². The summed E-state index contributed by atoms with van der Waals surface area (Å²) in [6, 6.07) is 7.60. The minimum absolute atomic E-state index is 0.0676. The summed E-state index contributed by atoms with van der Waals surface area (Å²) in [6.45, 7) is 3.57. The van der Waals surface area contributed by atoms with E-state index < -0.39 is 0 Å². The largest absolute Gasteiger partial charge is 0.206 e. The van der Waals surface area contributed by atoms with Crippen molar-refractivity contribution in [1.29, 1.82) is 0 Å². The third-order valence-corrected chi connectivity index (χ3v) is 5.22. The summed E-state index contributed by atoms with van der Waals surface area (Å²) in [4.78, 5) is 1.19. The first kappa shape index (κ1) is 13.1. The highest BCUT2D eigenvalue weighted by Crippen LogP contribution is 2.37. The smallest absolute Gasteiger partial charge is 0.129 e. The molecule has 0 fully saturated rings. The first-order valence-electron chi connectivity index (χ1n) is 5.15. The minimum Gasteiger partial charge on any atom is -0.206 e. The second-order valence-electron chi connectivity index (χ2n) is 3.97. The van der Waals surface area contributed by atoms with Crippen molar-refractivity contribution < 1.29 is 4.39 Å². The molecule has 0 saturated heterocycles. The lowest BCUT2D eigenvalue weighted by molar-refractivity contribution is 0.608. The number of thiophene rings is 1. The molecule has 4 heteroatoms. The highest BCUT2D eigenvalue weighted by atomic mass is 79.9. The predicted molar refractivity (Wildman–Crippen MR) is 76.0 cm³/mol. The van der Waals surface area contributed by atoms with Crippen molar-refractivity contribution in [3.63, 3.8) is 0 Å². The summed E-state index contributed by atoms with van der Waals surface area (Å²) in [5.41, 5.74) is 2.40. The number of benzene rings is 1. The van der Waals surface area contributed by atoms with Gasteiger partial charge in [0.2, 0.25) is 0 Å². The van der Waals surface area contributed by atoms with Crippen LogP contribution in [-0.2, 0) is 0 Å². The van der Waals surface area contributed by atoms with E-state index >= 15 is 0 Å². The Morgan fingerprint density at radius 2 is 1.82 bits per heavy atom. The summed E-state index contributed by atoms with van der Waals surface area (Å²) in [5.74, 6) is -0.127. The van der Waals surface area contributed by atoms with Gasteiger partial charge in [-0.25, -0.2) is 4.39 Å². The minimum atomic E-state index is -0.127. The number of alkyl halides is 1. The topological polar surface area (TPSA) is 0 Å². The van der Waals surface area contributed by atoms with Crippen LogP contribution in [0.1, 0.15) is 26.4 Å². The Kier molecular flexibility index (Phi) is 3.91. The van der Waals surface area contributed by atoms with Gasteiger partial charge in [-0.1, -0.05) is 39.7 Å². The molecular formula is C13H11BrClFS. The van der Waals surface area contributed by atoms with Gasteiger partial charge >= 0.3 is 0 Å². The van der Waals surface area contributed by atoms with Crippen LogP contribution in [0.3, 0.4) is 0 Å². The van der Waals surface area contributed by atoms with Gasteiger partial charge in [0, 0.05) is 4.88 Å². The average molecular weight is 334 g/mol. The molecule has 1 aromatic heterocycles. The van der Waals surface area contributed by atoms with Crippen molar-refractivity contribution in [2.75, 3.05) is 0 Å². The molecule has 0 bridgehead atoms. The Labute approximate surface area is 118 Å². The van der Waals surface area contributed by atoms with Crippen molar-refractivity contribution in [3.05, 3.63) is 56.0 Å². The number of hydrogen-bond acceptors (Lipinski definition) is 1. The summed E-state index contributed by atoms with van der Waals surface area (Å²) in [7, 11) is 0. The van der Waals surface area contributed by atoms with Crippen LogP contribution in [0.4, 0.5) is 4.39 Å². The lowest BCUT2D eigenvalue weighted by Crippen LogP contribution is -1.95. The van der Waals surface area contributed by atoms with E-state index in [9.17, 15) is 4.39 Å². The summed E-state index contributed by atoms with van der Waals surface area (Å²) in [5, 5.41) is 0. The second-order valence-corrected chi connectivity index (χ2v) is 6.64. The molecule has 0 N–H and O–H groups in total. The molecule has 0 nitrogen and oxygen atoms in total. The standard InChI is InChI=1S/C13H11BrClFS/c1-7-5-9(6-8(2)13(7)16)12(14)10-3-4-11(15)17-10/h3-6,12H,1-2H3. The molecule has 2 aromatic rings. The third-order valence-electron chi connectivity index (χ3n) is 2.60. The van der Waals surface area contributed by atoms with Gasteiger partial charge in [-0.05, 0) is 42.7 Å². The highest BCUT2D eigenvalue weighted by molar-refractivity contribution is 9.09. The van der Waals surface area contributed by atoms with Gasteiger partial charge in [0.15, 0.2) is 0 Å². The Hall–Kier alpha value is -0.380. The van der Waals surface area contributed by atoms with Crippen LogP contribution in [0.2, 0.25) is 4.34 Å². The molecule has 1 aromatic carbocycles. The molecule has 0 aliphatic heterocycles. The van der Waals surface area contributed by atoms with Gasteiger partial charge in [0.25, 0.3) is 0 Å². The SMILES string of the molecule is Cc1cc(C(Br)c2ccc(Cl)s2)cc(C)c1F. The Morgan fingerprint density at radius 1 is 1.24 bits per heavy atom. The van der Waals surface area contributed by atoms with E-state index in [1.54, 1.807) is 13.8 Å². The summed E-state index contributed by atoms with van der Waals surface area (Å²) >= 11 is 11.1. The lowest BCUT2D eigenvalue weighted by Gasteiger charge is -2.11. The van der Waals surface area contributed by atoms with Crippen molar-refractivity contribution >= 4 is 38.9 Å². The van der Waals surface area contributed by atoms with E-state index in [1.807, 2.05) is 24.3 Å². The number of hydrogen-bond donors (Lipinski definition) is 0. The van der Waals surface area contributed by atoms with E-state index in [4.69, 9.17) is 11.6 Å².